The second-order valence-electron chi connectivity index (χ2n) is 5.71. The van der Waals surface area contributed by atoms with Crippen molar-refractivity contribution in [3.63, 3.8) is 0 Å². The largest absolute Gasteiger partial charge is 0.484 e. The Morgan fingerprint density at radius 3 is 2.58 bits per heavy atom. The number of rotatable bonds is 6. The molecule has 3 rings (SSSR count). The van der Waals surface area contributed by atoms with Crippen LogP contribution in [0, 0.1) is 11.6 Å². The smallest absolute Gasteiger partial charge is 0.261 e. The van der Waals surface area contributed by atoms with Crippen molar-refractivity contribution in [2.75, 3.05) is 6.61 Å². The molecule has 6 heteroatoms. The number of benzene rings is 2. The molecule has 3 nitrogen and oxygen atoms in total. The minimum Gasteiger partial charge on any atom is -0.484 e. The number of halogens is 3. The van der Waals surface area contributed by atoms with Crippen LogP contribution >= 0.6 is 11.6 Å². The summed E-state index contributed by atoms with van der Waals surface area (Å²) >= 11 is 5.68. The molecule has 0 aromatic heterocycles. The summed E-state index contributed by atoms with van der Waals surface area (Å²) in [5.41, 5.74) is 0.475. The first-order valence-corrected chi connectivity index (χ1v) is 8.03. The van der Waals surface area contributed by atoms with E-state index in [0.29, 0.717) is 11.3 Å². The van der Waals surface area contributed by atoms with Crippen molar-refractivity contribution in [3.05, 3.63) is 64.7 Å². The molecule has 0 spiro atoms. The van der Waals surface area contributed by atoms with Gasteiger partial charge in [-0.15, -0.1) is 0 Å². The molecule has 1 saturated carbocycles. The molecule has 126 valence electrons. The van der Waals surface area contributed by atoms with Gasteiger partial charge in [-0.2, -0.15) is 0 Å². The average molecular weight is 352 g/mol. The summed E-state index contributed by atoms with van der Waals surface area (Å²) in [6.07, 6.45) is 1.81. The van der Waals surface area contributed by atoms with E-state index in [1.165, 1.54) is 24.3 Å². The summed E-state index contributed by atoms with van der Waals surface area (Å²) in [6.45, 7) is 0.0105. The lowest BCUT2D eigenvalue weighted by molar-refractivity contribution is -0.134. The van der Waals surface area contributed by atoms with Crippen molar-refractivity contribution in [2.45, 2.75) is 25.4 Å². The number of ether oxygens (including phenoxy) is 1. The molecule has 0 saturated heterocycles. The van der Waals surface area contributed by atoms with Crippen LogP contribution in [0.3, 0.4) is 0 Å². The van der Waals surface area contributed by atoms with Crippen molar-refractivity contribution in [3.8, 4) is 5.75 Å². The predicted molar refractivity (Wildman–Crippen MR) is 86.9 cm³/mol. The maximum absolute atomic E-state index is 13.8. The maximum Gasteiger partial charge on any atom is 0.261 e. The SMILES string of the molecule is O=C(COc1ccc(F)c(Cl)c1)N(Cc1ccccc1F)C1CC1. The topological polar surface area (TPSA) is 29.5 Å². The Labute approximate surface area is 143 Å². The van der Waals surface area contributed by atoms with Crippen LogP contribution in [-0.2, 0) is 11.3 Å². The van der Waals surface area contributed by atoms with Crippen LogP contribution in [0.25, 0.3) is 0 Å². The van der Waals surface area contributed by atoms with Crippen LogP contribution in [0.1, 0.15) is 18.4 Å². The van der Waals surface area contributed by atoms with Gasteiger partial charge in [0.25, 0.3) is 5.91 Å². The third-order valence-corrected chi connectivity index (χ3v) is 4.15. The number of hydrogen-bond donors (Lipinski definition) is 0. The normalized spacial score (nSPS) is 13.6. The zero-order valence-electron chi connectivity index (χ0n) is 12.8. The molecule has 1 amide bonds. The van der Waals surface area contributed by atoms with E-state index in [2.05, 4.69) is 0 Å². The monoisotopic (exact) mass is 351 g/mol. The van der Waals surface area contributed by atoms with E-state index in [0.717, 1.165) is 12.8 Å². The number of carbonyl (C=O) groups excluding carboxylic acids is 1. The molecule has 0 N–H and O–H groups in total. The highest BCUT2D eigenvalue weighted by molar-refractivity contribution is 6.30. The summed E-state index contributed by atoms with van der Waals surface area (Å²) in [4.78, 5) is 14.1. The fourth-order valence-corrected chi connectivity index (χ4v) is 2.58. The van der Waals surface area contributed by atoms with Crippen LogP contribution in [0.15, 0.2) is 42.5 Å². The molecule has 1 aliphatic rings. The first-order chi connectivity index (χ1) is 11.5. The molecule has 0 heterocycles. The molecule has 1 aliphatic carbocycles. The van der Waals surface area contributed by atoms with Crippen LogP contribution in [-0.4, -0.2) is 23.5 Å². The van der Waals surface area contributed by atoms with Gasteiger partial charge in [0.05, 0.1) is 5.02 Å². The Bertz CT molecular complexity index is 750. The zero-order chi connectivity index (χ0) is 17.1. The van der Waals surface area contributed by atoms with E-state index < -0.39 is 5.82 Å². The van der Waals surface area contributed by atoms with Gasteiger partial charge >= 0.3 is 0 Å². The second kappa shape index (κ2) is 7.18. The molecular weight excluding hydrogens is 336 g/mol. The zero-order valence-corrected chi connectivity index (χ0v) is 13.6. The van der Waals surface area contributed by atoms with Gasteiger partial charge in [-0.3, -0.25) is 4.79 Å². The lowest BCUT2D eigenvalue weighted by Gasteiger charge is -2.23. The van der Waals surface area contributed by atoms with Crippen LogP contribution in [0.4, 0.5) is 8.78 Å². The number of nitrogens with zero attached hydrogens (tertiary/aromatic N) is 1. The van der Waals surface area contributed by atoms with Crippen LogP contribution in [0.5, 0.6) is 5.75 Å². The number of amides is 1. The van der Waals surface area contributed by atoms with E-state index in [9.17, 15) is 13.6 Å². The molecule has 2 aromatic rings. The minimum atomic E-state index is -0.547. The molecule has 0 bridgehead atoms. The van der Waals surface area contributed by atoms with Gasteiger partial charge in [0, 0.05) is 24.2 Å². The summed E-state index contributed by atoms with van der Waals surface area (Å²) in [5, 5.41) is -0.0645. The third kappa shape index (κ3) is 4.03. The van der Waals surface area contributed by atoms with Gasteiger partial charge in [0.2, 0.25) is 0 Å². The van der Waals surface area contributed by atoms with Gasteiger partial charge < -0.3 is 9.64 Å². The molecule has 24 heavy (non-hydrogen) atoms. The molecule has 2 aromatic carbocycles. The Hall–Kier alpha value is -2.14. The first kappa shape index (κ1) is 16.7. The second-order valence-corrected chi connectivity index (χ2v) is 6.12. The highest BCUT2D eigenvalue weighted by atomic mass is 35.5. The molecule has 0 atom stereocenters. The van der Waals surface area contributed by atoms with Crippen molar-refractivity contribution in [2.24, 2.45) is 0 Å². The lowest BCUT2D eigenvalue weighted by Crippen LogP contribution is -2.36. The van der Waals surface area contributed by atoms with Gasteiger partial charge in [0.15, 0.2) is 6.61 Å². The van der Waals surface area contributed by atoms with E-state index in [-0.39, 0.29) is 35.9 Å². The van der Waals surface area contributed by atoms with Crippen molar-refractivity contribution in [1.82, 2.24) is 4.90 Å². The first-order valence-electron chi connectivity index (χ1n) is 7.65. The lowest BCUT2D eigenvalue weighted by atomic mass is 10.2. The molecule has 0 aliphatic heterocycles. The van der Waals surface area contributed by atoms with E-state index in [1.54, 1.807) is 23.1 Å². The average Bonchev–Trinajstić information content (AvgIpc) is 3.40. The highest BCUT2D eigenvalue weighted by Gasteiger charge is 2.33. The van der Waals surface area contributed by atoms with Gasteiger partial charge in [0.1, 0.15) is 17.4 Å². The fourth-order valence-electron chi connectivity index (χ4n) is 2.41. The van der Waals surface area contributed by atoms with E-state index in [1.807, 2.05) is 0 Å². The predicted octanol–water partition coefficient (Wildman–Crippen LogP) is 4.19. The van der Waals surface area contributed by atoms with E-state index in [4.69, 9.17) is 16.3 Å². The molecule has 0 radical (unpaired) electrons. The third-order valence-electron chi connectivity index (χ3n) is 3.86. The van der Waals surface area contributed by atoms with Gasteiger partial charge in [-0.05, 0) is 31.0 Å². The number of carbonyl (C=O) groups is 1. The Kier molecular flexibility index (Phi) is 5.00. The summed E-state index contributed by atoms with van der Waals surface area (Å²) < 4.78 is 32.3. The van der Waals surface area contributed by atoms with Crippen LogP contribution < -0.4 is 4.74 Å². The number of hydrogen-bond acceptors (Lipinski definition) is 2. The molecular formula is C18H16ClF2NO2. The standard InChI is InChI=1S/C18H16ClF2NO2/c19-15-9-14(7-8-17(15)21)24-11-18(23)22(13-5-6-13)10-12-3-1-2-4-16(12)20/h1-4,7-9,13H,5-6,10-11H2. The summed E-state index contributed by atoms with van der Waals surface area (Å²) in [6, 6.07) is 10.4. The van der Waals surface area contributed by atoms with E-state index >= 15 is 0 Å². The molecule has 1 fully saturated rings. The Balaban J connectivity index is 1.64. The van der Waals surface area contributed by atoms with Crippen molar-refractivity contribution >= 4 is 17.5 Å². The van der Waals surface area contributed by atoms with Gasteiger partial charge in [-0.1, -0.05) is 29.8 Å². The summed E-state index contributed by atoms with van der Waals surface area (Å²) in [5.74, 6) is -0.797. The molecule has 0 unspecified atom stereocenters. The van der Waals surface area contributed by atoms with Crippen LogP contribution in [0.2, 0.25) is 5.02 Å². The van der Waals surface area contributed by atoms with Gasteiger partial charge in [-0.25, -0.2) is 8.78 Å². The Morgan fingerprint density at radius 2 is 1.92 bits per heavy atom. The fraction of sp³-hybridized carbons (Fsp3) is 0.278. The minimum absolute atomic E-state index is 0.0645. The summed E-state index contributed by atoms with van der Waals surface area (Å²) in [7, 11) is 0. The quantitative estimate of drug-likeness (QED) is 0.781. The highest BCUT2D eigenvalue weighted by Crippen LogP contribution is 2.29. The maximum atomic E-state index is 13.8. The van der Waals surface area contributed by atoms with Crippen molar-refractivity contribution < 1.29 is 18.3 Å². The Morgan fingerprint density at radius 1 is 1.17 bits per heavy atom. The van der Waals surface area contributed by atoms with Crippen molar-refractivity contribution in [1.29, 1.82) is 0 Å².